The fourth-order valence-corrected chi connectivity index (χ4v) is 5.26. The second-order valence-electron chi connectivity index (χ2n) is 8.02. The van der Waals surface area contributed by atoms with Crippen LogP contribution in [0.5, 0.6) is 0 Å². The number of ether oxygens (including phenoxy) is 2. The third-order valence-electron chi connectivity index (χ3n) is 4.85. The molecule has 1 heterocycles. The Kier molecular flexibility index (Phi) is 7.36. The number of carbonyl (C=O) groups excluding carboxylic acids is 2. The lowest BCUT2D eigenvalue weighted by Crippen LogP contribution is -2.41. The van der Waals surface area contributed by atoms with Crippen molar-refractivity contribution in [2.24, 2.45) is 0 Å². The summed E-state index contributed by atoms with van der Waals surface area (Å²) in [6.07, 6.45) is -2.38. The molecule has 0 unspecified atom stereocenters. The van der Waals surface area contributed by atoms with Crippen LogP contribution in [0.1, 0.15) is 25.0 Å². The normalized spacial score (nSPS) is 22.1. The highest BCUT2D eigenvalue weighted by Crippen LogP contribution is 2.30. The predicted octanol–water partition coefficient (Wildman–Crippen LogP) is 2.88. The van der Waals surface area contributed by atoms with Gasteiger partial charge in [-0.1, -0.05) is 35.4 Å². The van der Waals surface area contributed by atoms with Crippen molar-refractivity contribution in [1.29, 1.82) is 0 Å². The zero-order valence-electron chi connectivity index (χ0n) is 18.0. The molecule has 31 heavy (non-hydrogen) atoms. The zero-order chi connectivity index (χ0) is 22.8. The van der Waals surface area contributed by atoms with Gasteiger partial charge in [-0.15, -0.1) is 0 Å². The lowest BCUT2D eigenvalue weighted by Gasteiger charge is -2.16. The fraction of sp³-hybridized carbons (Fsp3) is 0.391. The Morgan fingerprint density at radius 1 is 0.742 bits per heavy atom. The SMILES string of the molecule is Cc1ccc([S@@](=O)CC(=O)[C@H]2OC(C)(C)O[C@@H]2C(=O)C[S@](=O)c2ccc(C)cc2)cc1. The molecule has 8 heteroatoms. The maximum Gasteiger partial charge on any atom is 0.177 e. The van der Waals surface area contributed by atoms with E-state index in [4.69, 9.17) is 9.47 Å². The van der Waals surface area contributed by atoms with Gasteiger partial charge >= 0.3 is 0 Å². The molecule has 0 saturated carbocycles. The minimum absolute atomic E-state index is 0.294. The molecule has 2 aromatic rings. The summed E-state index contributed by atoms with van der Waals surface area (Å²) in [5.74, 6) is -2.71. The molecular formula is C23H26O6S2. The lowest BCUT2D eigenvalue weighted by molar-refractivity contribution is -0.157. The van der Waals surface area contributed by atoms with E-state index in [1.165, 1.54) is 0 Å². The number of carbonyl (C=O) groups is 2. The van der Waals surface area contributed by atoms with Gasteiger partial charge in [-0.05, 0) is 52.0 Å². The molecule has 0 radical (unpaired) electrons. The highest BCUT2D eigenvalue weighted by Gasteiger charge is 2.48. The summed E-state index contributed by atoms with van der Waals surface area (Å²) in [4.78, 5) is 26.8. The van der Waals surface area contributed by atoms with Gasteiger partial charge in [0, 0.05) is 9.79 Å². The number of hydrogen-bond acceptors (Lipinski definition) is 6. The summed E-state index contributed by atoms with van der Waals surface area (Å²) in [6.45, 7) is 7.05. The van der Waals surface area contributed by atoms with Crippen molar-refractivity contribution in [3.05, 3.63) is 59.7 Å². The number of ketones is 2. The van der Waals surface area contributed by atoms with Crippen LogP contribution in [0.3, 0.4) is 0 Å². The first-order valence-electron chi connectivity index (χ1n) is 9.87. The van der Waals surface area contributed by atoms with E-state index in [2.05, 4.69) is 0 Å². The van der Waals surface area contributed by atoms with Crippen molar-refractivity contribution >= 4 is 33.2 Å². The van der Waals surface area contributed by atoms with Gasteiger partial charge in [-0.25, -0.2) is 0 Å². The van der Waals surface area contributed by atoms with E-state index in [1.807, 2.05) is 38.1 Å². The summed E-state index contributed by atoms with van der Waals surface area (Å²) < 4.78 is 36.6. The van der Waals surface area contributed by atoms with Gasteiger partial charge in [-0.2, -0.15) is 0 Å². The van der Waals surface area contributed by atoms with Crippen LogP contribution in [0.4, 0.5) is 0 Å². The molecule has 0 amide bonds. The number of aryl methyl sites for hydroxylation is 2. The van der Waals surface area contributed by atoms with Gasteiger partial charge in [0.15, 0.2) is 29.6 Å². The molecule has 0 aliphatic carbocycles. The molecule has 166 valence electrons. The fourth-order valence-electron chi connectivity index (χ4n) is 3.20. The summed E-state index contributed by atoms with van der Waals surface area (Å²) >= 11 is 0. The van der Waals surface area contributed by atoms with Crippen LogP contribution in [0.25, 0.3) is 0 Å². The van der Waals surface area contributed by atoms with E-state index in [0.717, 1.165) is 11.1 Å². The Labute approximate surface area is 187 Å². The number of hydrogen-bond donors (Lipinski definition) is 0. The molecule has 2 aromatic carbocycles. The average Bonchev–Trinajstić information content (AvgIpc) is 3.04. The molecule has 0 aromatic heterocycles. The van der Waals surface area contributed by atoms with Gasteiger partial charge in [0.1, 0.15) is 0 Å². The van der Waals surface area contributed by atoms with E-state index in [0.29, 0.717) is 9.79 Å². The molecule has 1 saturated heterocycles. The summed E-state index contributed by atoms with van der Waals surface area (Å²) in [6, 6.07) is 14.1. The number of rotatable bonds is 8. The Morgan fingerprint density at radius 2 is 1.06 bits per heavy atom. The predicted molar refractivity (Wildman–Crippen MR) is 119 cm³/mol. The molecule has 1 fully saturated rings. The smallest absolute Gasteiger partial charge is 0.177 e. The van der Waals surface area contributed by atoms with E-state index < -0.39 is 51.2 Å². The highest BCUT2D eigenvalue weighted by atomic mass is 32.2. The monoisotopic (exact) mass is 462 g/mol. The van der Waals surface area contributed by atoms with Crippen LogP contribution in [0.2, 0.25) is 0 Å². The van der Waals surface area contributed by atoms with Gasteiger partial charge in [0.05, 0.1) is 33.1 Å². The van der Waals surface area contributed by atoms with Crippen LogP contribution in [-0.2, 0) is 40.7 Å². The second-order valence-corrected chi connectivity index (χ2v) is 10.9. The Hall–Kier alpha value is -2.00. The third-order valence-corrected chi connectivity index (χ3v) is 7.53. The van der Waals surface area contributed by atoms with Gasteiger partial charge in [0.25, 0.3) is 0 Å². The highest BCUT2D eigenvalue weighted by molar-refractivity contribution is 7.86. The first kappa shape index (κ1) is 23.7. The van der Waals surface area contributed by atoms with Crippen LogP contribution in [0, 0.1) is 13.8 Å². The van der Waals surface area contributed by atoms with Crippen molar-refractivity contribution in [1.82, 2.24) is 0 Å². The van der Waals surface area contributed by atoms with Crippen molar-refractivity contribution in [2.75, 3.05) is 11.5 Å². The third kappa shape index (κ3) is 6.04. The van der Waals surface area contributed by atoms with Crippen LogP contribution in [-0.4, -0.2) is 49.5 Å². The maximum atomic E-state index is 12.9. The number of Topliss-reactive ketones (excluding diaryl/α,β-unsaturated/α-hetero) is 2. The molecule has 0 spiro atoms. The molecule has 4 atom stereocenters. The molecule has 0 bridgehead atoms. The van der Waals surface area contributed by atoms with Gasteiger partial charge in [-0.3, -0.25) is 18.0 Å². The maximum absolute atomic E-state index is 12.9. The average molecular weight is 463 g/mol. The molecule has 1 aliphatic heterocycles. The second kappa shape index (κ2) is 9.65. The Morgan fingerprint density at radius 3 is 1.39 bits per heavy atom. The minimum atomic E-state index is -1.57. The lowest BCUT2D eigenvalue weighted by atomic mass is 10.1. The summed E-state index contributed by atoms with van der Waals surface area (Å²) in [5, 5.41) is 0. The standard InChI is InChI=1S/C23H26O6S2/c1-15-5-9-17(10-6-15)30(26)13-19(24)21-22(29-23(3,4)28-21)20(25)14-31(27)18-11-7-16(2)8-12-18/h5-12,21-22H,13-14H2,1-4H3/t21-,22-,30+,31+/m1/s1. The quantitative estimate of drug-likeness (QED) is 0.600. The van der Waals surface area contributed by atoms with Crippen molar-refractivity contribution in [2.45, 2.75) is 55.5 Å². The van der Waals surface area contributed by atoms with Crippen molar-refractivity contribution in [3.8, 4) is 0 Å². The van der Waals surface area contributed by atoms with E-state index in [9.17, 15) is 18.0 Å². The minimum Gasteiger partial charge on any atom is -0.336 e. The zero-order valence-corrected chi connectivity index (χ0v) is 19.6. The Bertz CT molecular complexity index is 930. The first-order valence-corrected chi connectivity index (χ1v) is 12.5. The Balaban J connectivity index is 1.70. The summed E-state index contributed by atoms with van der Waals surface area (Å²) in [7, 11) is -3.14. The molecule has 3 rings (SSSR count). The van der Waals surface area contributed by atoms with Crippen LogP contribution in [0.15, 0.2) is 58.3 Å². The molecule has 1 aliphatic rings. The molecule has 0 N–H and O–H groups in total. The topological polar surface area (TPSA) is 86.7 Å². The van der Waals surface area contributed by atoms with Gasteiger partial charge < -0.3 is 9.47 Å². The van der Waals surface area contributed by atoms with Crippen LogP contribution >= 0.6 is 0 Å². The van der Waals surface area contributed by atoms with Crippen molar-refractivity contribution in [3.63, 3.8) is 0 Å². The number of benzene rings is 2. The van der Waals surface area contributed by atoms with Crippen LogP contribution < -0.4 is 0 Å². The van der Waals surface area contributed by atoms with Gasteiger partial charge in [0.2, 0.25) is 0 Å². The molecule has 6 nitrogen and oxygen atoms in total. The molecular weight excluding hydrogens is 436 g/mol. The van der Waals surface area contributed by atoms with Crippen molar-refractivity contribution < 1.29 is 27.5 Å². The van der Waals surface area contributed by atoms with E-state index in [1.54, 1.807) is 38.1 Å². The first-order chi connectivity index (χ1) is 14.6. The van der Waals surface area contributed by atoms with E-state index in [-0.39, 0.29) is 11.5 Å². The summed E-state index contributed by atoms with van der Waals surface area (Å²) in [5.41, 5.74) is 2.04. The van der Waals surface area contributed by atoms with E-state index >= 15 is 0 Å². The largest absolute Gasteiger partial charge is 0.336 e.